The Hall–Kier alpha value is -4.73. The van der Waals surface area contributed by atoms with Crippen LogP contribution in [0, 0.1) is 17.0 Å². The van der Waals surface area contributed by atoms with Crippen LogP contribution < -0.4 is 20.2 Å². The predicted molar refractivity (Wildman–Crippen MR) is 126 cm³/mol. The lowest BCUT2D eigenvalue weighted by atomic mass is 10.1. The third-order valence-electron chi connectivity index (χ3n) is 4.67. The summed E-state index contributed by atoms with van der Waals surface area (Å²) in [6.45, 7) is 1.43. The fourth-order valence-electron chi connectivity index (χ4n) is 2.85. The first-order valence-corrected chi connectivity index (χ1v) is 10.1. The maximum atomic E-state index is 12.2. The number of hydrogen-bond donors (Lipinski definition) is 2. The summed E-state index contributed by atoms with van der Waals surface area (Å²) >= 11 is 0. The lowest BCUT2D eigenvalue weighted by Gasteiger charge is -2.08. The minimum absolute atomic E-state index is 0.131. The molecule has 0 heterocycles. The van der Waals surface area contributed by atoms with E-state index >= 15 is 0 Å². The molecule has 174 valence electrons. The number of nitro benzene ring substituents is 1. The largest absolute Gasteiger partial charge is 0.497 e. The number of hydrazone groups is 1. The molecule has 0 saturated carbocycles. The Morgan fingerprint density at radius 2 is 1.71 bits per heavy atom. The molecule has 0 unspecified atom stereocenters. The Balaban J connectivity index is 1.48. The standard InChI is InChI=1S/C24H22N4O6/c1-16-3-6-18(13-22(16)28(31)32)24(30)27-25-14-17-4-9-21(10-5-17)34-15-23(29)26-19-7-11-20(33-2)12-8-19/h3-14H,15H2,1-2H3,(H,26,29)(H,27,30)/b25-14-. The van der Waals surface area contributed by atoms with E-state index in [2.05, 4.69) is 15.8 Å². The number of nitro groups is 1. The van der Waals surface area contributed by atoms with E-state index in [0.717, 1.165) is 0 Å². The van der Waals surface area contributed by atoms with Gasteiger partial charge in [0.1, 0.15) is 11.5 Å². The van der Waals surface area contributed by atoms with E-state index in [-0.39, 0.29) is 23.8 Å². The summed E-state index contributed by atoms with van der Waals surface area (Å²) in [6.07, 6.45) is 1.42. The number of aryl methyl sites for hydroxylation is 1. The second-order valence-electron chi connectivity index (χ2n) is 7.09. The lowest BCUT2D eigenvalue weighted by Crippen LogP contribution is -2.20. The summed E-state index contributed by atoms with van der Waals surface area (Å²) in [5.74, 6) is 0.298. The molecular weight excluding hydrogens is 440 g/mol. The van der Waals surface area contributed by atoms with Crippen LogP contribution in [0.15, 0.2) is 71.8 Å². The summed E-state index contributed by atoms with van der Waals surface area (Å²) in [4.78, 5) is 34.7. The van der Waals surface area contributed by atoms with Crippen LogP contribution >= 0.6 is 0 Å². The van der Waals surface area contributed by atoms with Crippen LogP contribution in [-0.4, -0.2) is 36.7 Å². The van der Waals surface area contributed by atoms with E-state index in [1.807, 2.05) is 0 Å². The smallest absolute Gasteiger partial charge is 0.273 e. The molecule has 2 N–H and O–H groups in total. The van der Waals surface area contributed by atoms with Gasteiger partial charge in [-0.05, 0) is 67.1 Å². The van der Waals surface area contributed by atoms with E-state index in [1.165, 1.54) is 24.4 Å². The molecular formula is C24H22N4O6. The minimum atomic E-state index is -0.567. The number of hydrogen-bond acceptors (Lipinski definition) is 7. The molecule has 2 amide bonds. The highest BCUT2D eigenvalue weighted by molar-refractivity contribution is 5.95. The molecule has 3 rings (SSSR count). The number of ether oxygens (including phenoxy) is 2. The predicted octanol–water partition coefficient (Wildman–Crippen LogP) is 3.69. The van der Waals surface area contributed by atoms with Crippen LogP contribution in [0.3, 0.4) is 0 Å². The Kier molecular flexibility index (Phi) is 7.90. The van der Waals surface area contributed by atoms with Gasteiger partial charge in [0.05, 0.1) is 18.2 Å². The molecule has 0 aromatic heterocycles. The molecule has 0 aliphatic carbocycles. The molecule has 0 spiro atoms. The van der Waals surface area contributed by atoms with Crippen molar-refractivity contribution in [2.75, 3.05) is 19.0 Å². The van der Waals surface area contributed by atoms with Gasteiger partial charge in [0.2, 0.25) is 0 Å². The van der Waals surface area contributed by atoms with Gasteiger partial charge in [-0.1, -0.05) is 6.07 Å². The van der Waals surface area contributed by atoms with Gasteiger partial charge in [-0.3, -0.25) is 19.7 Å². The van der Waals surface area contributed by atoms with Gasteiger partial charge < -0.3 is 14.8 Å². The van der Waals surface area contributed by atoms with Crippen LogP contribution in [0.5, 0.6) is 11.5 Å². The Bertz CT molecular complexity index is 1210. The molecule has 3 aromatic carbocycles. The highest BCUT2D eigenvalue weighted by atomic mass is 16.6. The first-order chi connectivity index (χ1) is 16.4. The third-order valence-corrected chi connectivity index (χ3v) is 4.67. The Morgan fingerprint density at radius 3 is 2.35 bits per heavy atom. The highest BCUT2D eigenvalue weighted by Crippen LogP contribution is 2.19. The van der Waals surface area contributed by atoms with E-state index in [4.69, 9.17) is 9.47 Å². The molecule has 10 heteroatoms. The number of carbonyl (C=O) groups excluding carboxylic acids is 2. The number of carbonyl (C=O) groups is 2. The van der Waals surface area contributed by atoms with Crippen molar-refractivity contribution in [1.29, 1.82) is 0 Å². The van der Waals surface area contributed by atoms with Gasteiger partial charge >= 0.3 is 0 Å². The third kappa shape index (κ3) is 6.63. The van der Waals surface area contributed by atoms with Crippen LogP contribution in [0.1, 0.15) is 21.5 Å². The van der Waals surface area contributed by atoms with Gasteiger partial charge in [0, 0.05) is 22.9 Å². The number of methoxy groups -OCH3 is 1. The van der Waals surface area contributed by atoms with Gasteiger partial charge in [0.25, 0.3) is 17.5 Å². The number of benzene rings is 3. The summed E-state index contributed by atoms with van der Waals surface area (Å²) < 4.78 is 10.5. The maximum absolute atomic E-state index is 12.2. The highest BCUT2D eigenvalue weighted by Gasteiger charge is 2.14. The SMILES string of the molecule is COc1ccc(NC(=O)COc2ccc(/C=N\NC(=O)c3ccc(C)c([N+](=O)[O-])c3)cc2)cc1. The quantitative estimate of drug-likeness (QED) is 0.283. The van der Waals surface area contributed by atoms with E-state index in [1.54, 1.807) is 62.6 Å². The van der Waals surface area contributed by atoms with Crippen LogP contribution in [0.4, 0.5) is 11.4 Å². The molecule has 10 nitrogen and oxygen atoms in total. The van der Waals surface area contributed by atoms with Crippen molar-refractivity contribution < 1.29 is 24.0 Å². The summed E-state index contributed by atoms with van der Waals surface area (Å²) in [6, 6.07) is 17.8. The summed E-state index contributed by atoms with van der Waals surface area (Å²) in [5.41, 5.74) is 4.09. The van der Waals surface area contributed by atoms with Crippen LogP contribution in [0.2, 0.25) is 0 Å². The fourth-order valence-corrected chi connectivity index (χ4v) is 2.85. The van der Waals surface area contributed by atoms with Gasteiger partial charge in [0.15, 0.2) is 6.61 Å². The lowest BCUT2D eigenvalue weighted by molar-refractivity contribution is -0.385. The monoisotopic (exact) mass is 462 g/mol. The zero-order valence-electron chi connectivity index (χ0n) is 18.5. The van der Waals surface area contributed by atoms with Crippen molar-refractivity contribution in [1.82, 2.24) is 5.43 Å². The van der Waals surface area contributed by atoms with Gasteiger partial charge in [-0.15, -0.1) is 0 Å². The zero-order valence-corrected chi connectivity index (χ0v) is 18.5. The molecule has 34 heavy (non-hydrogen) atoms. The van der Waals surface area contributed by atoms with Crippen molar-refractivity contribution in [2.45, 2.75) is 6.92 Å². The van der Waals surface area contributed by atoms with Crippen molar-refractivity contribution in [3.05, 3.63) is 93.5 Å². The van der Waals surface area contributed by atoms with Crippen LogP contribution in [-0.2, 0) is 4.79 Å². The van der Waals surface area contributed by atoms with E-state index < -0.39 is 10.8 Å². The average Bonchev–Trinajstić information content (AvgIpc) is 2.84. The zero-order chi connectivity index (χ0) is 24.5. The average molecular weight is 462 g/mol. The van der Waals surface area contributed by atoms with Crippen molar-refractivity contribution in [2.24, 2.45) is 5.10 Å². The second kappa shape index (κ2) is 11.2. The topological polar surface area (TPSA) is 132 Å². The fraction of sp³-hybridized carbons (Fsp3) is 0.125. The molecule has 0 saturated heterocycles. The number of rotatable bonds is 9. The summed E-state index contributed by atoms with van der Waals surface area (Å²) in [5, 5.41) is 17.6. The first kappa shape index (κ1) is 23.9. The van der Waals surface area contributed by atoms with Gasteiger partial charge in [-0.2, -0.15) is 5.10 Å². The molecule has 0 fully saturated rings. The molecule has 0 aliphatic rings. The van der Waals surface area contributed by atoms with E-state index in [0.29, 0.717) is 28.3 Å². The number of nitrogens with zero attached hydrogens (tertiary/aromatic N) is 2. The van der Waals surface area contributed by atoms with Crippen molar-refractivity contribution >= 4 is 29.4 Å². The first-order valence-electron chi connectivity index (χ1n) is 10.1. The molecule has 0 bridgehead atoms. The van der Waals surface area contributed by atoms with Crippen molar-refractivity contribution in [3.63, 3.8) is 0 Å². The number of amides is 2. The summed E-state index contributed by atoms with van der Waals surface area (Å²) in [7, 11) is 1.57. The second-order valence-corrected chi connectivity index (χ2v) is 7.09. The Labute approximate surface area is 195 Å². The van der Waals surface area contributed by atoms with Crippen molar-refractivity contribution in [3.8, 4) is 11.5 Å². The van der Waals surface area contributed by atoms with Crippen LogP contribution in [0.25, 0.3) is 0 Å². The molecule has 3 aromatic rings. The number of anilines is 1. The Morgan fingerprint density at radius 1 is 1.03 bits per heavy atom. The number of nitrogens with one attached hydrogen (secondary N) is 2. The minimum Gasteiger partial charge on any atom is -0.497 e. The normalized spacial score (nSPS) is 10.5. The van der Waals surface area contributed by atoms with Gasteiger partial charge in [-0.25, -0.2) is 5.43 Å². The molecule has 0 radical (unpaired) electrons. The van der Waals surface area contributed by atoms with E-state index in [9.17, 15) is 19.7 Å². The maximum Gasteiger partial charge on any atom is 0.273 e. The molecule has 0 aliphatic heterocycles. The molecule has 0 atom stereocenters.